The molecule has 0 aromatic heterocycles. The number of esters is 2. The highest BCUT2D eigenvalue weighted by Crippen LogP contribution is 2.17. The third-order valence-electron chi connectivity index (χ3n) is 2.18. The van der Waals surface area contributed by atoms with Gasteiger partial charge in [0.1, 0.15) is 6.61 Å². The van der Waals surface area contributed by atoms with Crippen molar-refractivity contribution in [2.45, 2.75) is 27.1 Å². The minimum absolute atomic E-state index is 0.196. The molecule has 0 amide bonds. The van der Waals surface area contributed by atoms with Gasteiger partial charge in [0.15, 0.2) is 0 Å². The van der Waals surface area contributed by atoms with Crippen LogP contribution in [0.4, 0.5) is 0 Å². The summed E-state index contributed by atoms with van der Waals surface area (Å²) in [6.07, 6.45) is -0.474. The molecule has 1 fully saturated rings. The molecule has 0 saturated carbocycles. The number of benzene rings is 1. The molecule has 0 aliphatic carbocycles. The highest BCUT2D eigenvalue weighted by Gasteiger charge is 2.29. The fraction of sp³-hybridized carbons (Fsp3) is 0.375. The van der Waals surface area contributed by atoms with Crippen molar-refractivity contribution >= 4 is 11.9 Å². The number of carbonyl (C=O) groups is 2. The number of carbonyl (C=O) groups excluding carboxylic acids is 2. The lowest BCUT2D eigenvalue weighted by Crippen LogP contribution is -2.14. The Morgan fingerprint density at radius 3 is 2.14 bits per heavy atom. The molecule has 114 valence electrons. The van der Waals surface area contributed by atoms with Gasteiger partial charge in [0.2, 0.25) is 6.29 Å². The third kappa shape index (κ3) is 6.23. The molecular weight excluding hydrogens is 272 g/mol. The highest BCUT2D eigenvalue weighted by atomic mass is 16.8. The van der Waals surface area contributed by atoms with Gasteiger partial charge >= 0.3 is 11.9 Å². The summed E-state index contributed by atoms with van der Waals surface area (Å²) >= 11 is 0. The first-order chi connectivity index (χ1) is 9.95. The Kier molecular flexibility index (Phi) is 6.62. The average molecular weight is 292 g/mol. The van der Waals surface area contributed by atoms with Crippen molar-refractivity contribution in [3.63, 3.8) is 0 Å². The van der Waals surface area contributed by atoms with Crippen LogP contribution in [0, 0.1) is 0 Å². The lowest BCUT2D eigenvalue weighted by molar-refractivity contribution is 0.0287. The number of epoxide rings is 1. The van der Waals surface area contributed by atoms with Crippen LogP contribution in [0.25, 0.3) is 0 Å². The standard InChI is InChI=1S/C12H12O5.C4H8/c1-2-15-11(13)8-5-3-4-6-9(8)12(14)17-10-7-16-10;1-4(2)3/h3-6,10H,2,7H2,1H3;1H2,2-3H3. The fourth-order valence-electron chi connectivity index (χ4n) is 1.34. The van der Waals surface area contributed by atoms with Gasteiger partial charge in [-0.05, 0) is 32.9 Å². The number of allylic oxidation sites excluding steroid dienone is 1. The van der Waals surface area contributed by atoms with E-state index in [9.17, 15) is 9.59 Å². The molecule has 0 radical (unpaired) electrons. The van der Waals surface area contributed by atoms with E-state index in [1.54, 1.807) is 19.1 Å². The van der Waals surface area contributed by atoms with Gasteiger partial charge in [-0.3, -0.25) is 0 Å². The quantitative estimate of drug-likeness (QED) is 0.485. The van der Waals surface area contributed by atoms with Crippen LogP contribution in [0.2, 0.25) is 0 Å². The van der Waals surface area contributed by atoms with Gasteiger partial charge in [0.05, 0.1) is 17.7 Å². The first-order valence-electron chi connectivity index (χ1n) is 6.66. The Labute approximate surface area is 124 Å². The molecule has 1 saturated heterocycles. The first kappa shape index (κ1) is 16.9. The molecule has 1 aromatic rings. The molecule has 0 spiro atoms. The van der Waals surface area contributed by atoms with E-state index in [4.69, 9.17) is 14.2 Å². The van der Waals surface area contributed by atoms with Crippen LogP contribution in [0.15, 0.2) is 36.4 Å². The summed E-state index contributed by atoms with van der Waals surface area (Å²) in [4.78, 5) is 23.3. The smallest absolute Gasteiger partial charge is 0.341 e. The molecule has 1 aliphatic rings. The summed E-state index contributed by atoms with van der Waals surface area (Å²) in [6, 6.07) is 6.38. The SMILES string of the molecule is C=C(C)C.CCOC(=O)c1ccccc1C(=O)OC1CO1. The molecule has 1 unspecified atom stereocenters. The minimum Gasteiger partial charge on any atom is -0.462 e. The summed E-state index contributed by atoms with van der Waals surface area (Å²) in [7, 11) is 0. The number of rotatable bonds is 4. The van der Waals surface area contributed by atoms with E-state index in [1.807, 2.05) is 13.8 Å². The Morgan fingerprint density at radius 2 is 1.71 bits per heavy atom. The maximum absolute atomic E-state index is 11.7. The van der Waals surface area contributed by atoms with E-state index in [2.05, 4.69) is 6.58 Å². The molecule has 5 heteroatoms. The zero-order valence-corrected chi connectivity index (χ0v) is 12.5. The van der Waals surface area contributed by atoms with Crippen LogP contribution in [0.3, 0.4) is 0 Å². The van der Waals surface area contributed by atoms with Gasteiger partial charge in [0, 0.05) is 0 Å². The average Bonchev–Trinajstić information content (AvgIpc) is 3.22. The first-order valence-corrected chi connectivity index (χ1v) is 6.66. The van der Waals surface area contributed by atoms with E-state index < -0.39 is 18.2 Å². The second-order valence-electron chi connectivity index (χ2n) is 4.64. The molecule has 5 nitrogen and oxygen atoms in total. The molecule has 21 heavy (non-hydrogen) atoms. The van der Waals surface area contributed by atoms with Gasteiger partial charge in [0.25, 0.3) is 0 Å². The largest absolute Gasteiger partial charge is 0.462 e. The zero-order valence-electron chi connectivity index (χ0n) is 12.5. The Balaban J connectivity index is 0.000000491. The van der Waals surface area contributed by atoms with Crippen molar-refractivity contribution in [3.8, 4) is 0 Å². The summed E-state index contributed by atoms with van der Waals surface area (Å²) in [5, 5.41) is 0. The number of ether oxygens (including phenoxy) is 3. The number of hydrogen-bond acceptors (Lipinski definition) is 5. The molecule has 1 aromatic carbocycles. The van der Waals surface area contributed by atoms with Gasteiger partial charge in [-0.25, -0.2) is 9.59 Å². The van der Waals surface area contributed by atoms with E-state index >= 15 is 0 Å². The normalized spacial score (nSPS) is 15.3. The van der Waals surface area contributed by atoms with Crippen LogP contribution >= 0.6 is 0 Å². The maximum Gasteiger partial charge on any atom is 0.341 e. The van der Waals surface area contributed by atoms with Crippen LogP contribution in [0.1, 0.15) is 41.5 Å². The van der Waals surface area contributed by atoms with Gasteiger partial charge in [-0.2, -0.15) is 0 Å². The van der Waals surface area contributed by atoms with E-state index in [0.717, 1.165) is 0 Å². The lowest BCUT2D eigenvalue weighted by atomic mass is 10.1. The van der Waals surface area contributed by atoms with Crippen LogP contribution in [0.5, 0.6) is 0 Å². The Hall–Kier alpha value is -2.14. The van der Waals surface area contributed by atoms with Crippen molar-refractivity contribution in [2.24, 2.45) is 0 Å². The van der Waals surface area contributed by atoms with E-state index in [0.29, 0.717) is 6.61 Å². The predicted octanol–water partition coefficient (Wildman–Crippen LogP) is 2.96. The second kappa shape index (κ2) is 8.21. The Morgan fingerprint density at radius 1 is 1.24 bits per heavy atom. The van der Waals surface area contributed by atoms with Gasteiger partial charge in [-0.1, -0.05) is 17.7 Å². The summed E-state index contributed by atoms with van der Waals surface area (Å²) in [6.45, 7) is 9.87. The third-order valence-corrected chi connectivity index (χ3v) is 2.18. The second-order valence-corrected chi connectivity index (χ2v) is 4.64. The van der Waals surface area contributed by atoms with Crippen LogP contribution in [-0.4, -0.2) is 31.4 Å². The molecule has 2 rings (SSSR count). The Bertz CT molecular complexity index is 513. The molecule has 0 N–H and O–H groups in total. The van der Waals surface area contributed by atoms with Crippen LogP contribution in [-0.2, 0) is 14.2 Å². The van der Waals surface area contributed by atoms with Crippen molar-refractivity contribution < 1.29 is 23.8 Å². The van der Waals surface area contributed by atoms with Crippen molar-refractivity contribution in [1.29, 1.82) is 0 Å². The zero-order chi connectivity index (χ0) is 15.8. The topological polar surface area (TPSA) is 65.1 Å². The maximum atomic E-state index is 11.7. The number of hydrogen-bond donors (Lipinski definition) is 0. The fourth-order valence-corrected chi connectivity index (χ4v) is 1.34. The molecule has 0 bridgehead atoms. The van der Waals surface area contributed by atoms with Crippen molar-refractivity contribution in [3.05, 3.63) is 47.5 Å². The highest BCUT2D eigenvalue weighted by molar-refractivity contribution is 6.03. The van der Waals surface area contributed by atoms with Gasteiger partial charge < -0.3 is 14.2 Å². The lowest BCUT2D eigenvalue weighted by Gasteiger charge is -2.07. The monoisotopic (exact) mass is 292 g/mol. The summed E-state index contributed by atoms with van der Waals surface area (Å²) in [5.41, 5.74) is 1.57. The summed E-state index contributed by atoms with van der Waals surface area (Å²) in [5.74, 6) is -1.10. The van der Waals surface area contributed by atoms with E-state index in [1.165, 1.54) is 17.7 Å². The molecule has 1 aliphatic heterocycles. The van der Waals surface area contributed by atoms with E-state index in [-0.39, 0.29) is 17.7 Å². The van der Waals surface area contributed by atoms with Crippen molar-refractivity contribution in [2.75, 3.05) is 13.2 Å². The molecular formula is C16H20O5. The predicted molar refractivity (Wildman–Crippen MR) is 78.0 cm³/mol. The molecule has 1 atom stereocenters. The van der Waals surface area contributed by atoms with Gasteiger partial charge in [-0.15, -0.1) is 6.58 Å². The summed E-state index contributed by atoms with van der Waals surface area (Å²) < 4.78 is 14.6. The van der Waals surface area contributed by atoms with Crippen molar-refractivity contribution in [1.82, 2.24) is 0 Å². The molecule has 1 heterocycles. The minimum atomic E-state index is -0.573. The van der Waals surface area contributed by atoms with Crippen LogP contribution < -0.4 is 0 Å².